The smallest absolute Gasteiger partial charge is 0.271 e. The normalized spacial score (nSPS) is 16.5. The van der Waals surface area contributed by atoms with E-state index in [0.717, 1.165) is 45.5 Å². The van der Waals surface area contributed by atoms with Crippen LogP contribution < -0.4 is 14.9 Å². The van der Waals surface area contributed by atoms with Crippen molar-refractivity contribution in [1.29, 1.82) is 0 Å². The number of hydrogen-bond acceptors (Lipinski definition) is 4. The van der Waals surface area contributed by atoms with E-state index in [1.807, 2.05) is 53.1 Å². The van der Waals surface area contributed by atoms with Crippen molar-refractivity contribution < 1.29 is 4.42 Å². The number of halogens is 2. The van der Waals surface area contributed by atoms with Crippen LogP contribution in [0.25, 0.3) is 23.1 Å². The summed E-state index contributed by atoms with van der Waals surface area (Å²) >= 11 is 11.3. The Bertz CT molecular complexity index is 1980. The van der Waals surface area contributed by atoms with Crippen LogP contribution >= 0.6 is 38.9 Å². The van der Waals surface area contributed by atoms with Gasteiger partial charge in [-0.25, -0.2) is 4.99 Å². The first-order valence-corrected chi connectivity index (χ1v) is 14.7. The van der Waals surface area contributed by atoms with Gasteiger partial charge < -0.3 is 4.42 Å². The minimum absolute atomic E-state index is 0.0708. The average molecular weight is 614 g/mol. The molecule has 1 aliphatic carbocycles. The number of nitrogens with zero attached hydrogens (tertiary/aromatic N) is 2. The summed E-state index contributed by atoms with van der Waals surface area (Å²) in [4.78, 5) is 19.7. The monoisotopic (exact) mass is 612 g/mol. The molecule has 2 aliphatic rings. The molecule has 0 N–H and O–H groups in total. The number of benzene rings is 3. The van der Waals surface area contributed by atoms with Gasteiger partial charge in [0.15, 0.2) is 4.80 Å². The summed E-state index contributed by atoms with van der Waals surface area (Å²) in [5.41, 5.74) is 7.68. The number of allylic oxidation sites excluding steroid dienone is 1. The number of furan rings is 1. The predicted octanol–water partition coefficient (Wildman–Crippen LogP) is 7.30. The molecule has 4 nitrogen and oxygen atoms in total. The van der Waals surface area contributed by atoms with E-state index in [1.54, 1.807) is 0 Å². The van der Waals surface area contributed by atoms with Gasteiger partial charge in [0.1, 0.15) is 11.5 Å². The molecular weight excluding hydrogens is 592 g/mol. The number of hydrogen-bond donors (Lipinski definition) is 0. The first kappa shape index (κ1) is 24.6. The third-order valence-electron chi connectivity index (χ3n) is 7.35. The fourth-order valence-electron chi connectivity index (χ4n) is 5.49. The lowest BCUT2D eigenvalue weighted by atomic mass is 9.83. The zero-order valence-electron chi connectivity index (χ0n) is 20.9. The van der Waals surface area contributed by atoms with Gasteiger partial charge in [-0.15, -0.1) is 0 Å². The van der Waals surface area contributed by atoms with Crippen molar-refractivity contribution in [3.63, 3.8) is 0 Å². The molecule has 1 atom stereocenters. The van der Waals surface area contributed by atoms with Crippen molar-refractivity contribution in [3.8, 4) is 11.3 Å². The molecule has 0 spiro atoms. The summed E-state index contributed by atoms with van der Waals surface area (Å²) in [6.07, 6.45) is 3.59. The second-order valence-electron chi connectivity index (χ2n) is 9.85. The first-order chi connectivity index (χ1) is 19.0. The maximum absolute atomic E-state index is 13.9. The van der Waals surface area contributed by atoms with Gasteiger partial charge in [-0.2, -0.15) is 0 Å². The first-order valence-electron chi connectivity index (χ1n) is 12.7. The van der Waals surface area contributed by atoms with E-state index in [1.165, 1.54) is 28.0 Å². The third kappa shape index (κ3) is 4.27. The second-order valence-corrected chi connectivity index (χ2v) is 12.2. The molecule has 0 amide bonds. The van der Waals surface area contributed by atoms with Crippen LogP contribution in [0.5, 0.6) is 0 Å². The highest BCUT2D eigenvalue weighted by atomic mass is 79.9. The molecule has 7 heteroatoms. The molecule has 2 aromatic heterocycles. The van der Waals surface area contributed by atoms with Crippen molar-refractivity contribution in [2.24, 2.45) is 4.99 Å². The minimum atomic E-state index is -0.236. The van der Waals surface area contributed by atoms with Crippen LogP contribution in [0.15, 0.2) is 103 Å². The molecule has 0 saturated heterocycles. The van der Waals surface area contributed by atoms with Gasteiger partial charge in [0.2, 0.25) is 0 Å². The van der Waals surface area contributed by atoms with Gasteiger partial charge in [0.25, 0.3) is 5.56 Å². The highest BCUT2D eigenvalue weighted by Gasteiger charge is 2.32. The van der Waals surface area contributed by atoms with Crippen LogP contribution in [-0.4, -0.2) is 4.57 Å². The molecule has 3 aromatic carbocycles. The van der Waals surface area contributed by atoms with Crippen molar-refractivity contribution >= 4 is 50.6 Å². The molecule has 39 heavy (non-hydrogen) atoms. The quantitative estimate of drug-likeness (QED) is 0.214. The lowest BCUT2D eigenvalue weighted by molar-refractivity contribution is 0.570. The molecule has 0 bridgehead atoms. The van der Waals surface area contributed by atoms with Crippen LogP contribution in [-0.2, 0) is 6.42 Å². The average Bonchev–Trinajstić information content (AvgIpc) is 3.52. The van der Waals surface area contributed by atoms with E-state index in [-0.39, 0.29) is 11.6 Å². The van der Waals surface area contributed by atoms with Gasteiger partial charge in [0, 0.05) is 26.7 Å². The van der Waals surface area contributed by atoms with E-state index >= 15 is 0 Å². The Labute approximate surface area is 242 Å². The SMILES string of the molecule is Cc1ccc(-c2ccc(/C=c3/sc4n(c3=O)[C@H](c3ccc(Cl)cc3)C3=C(N=4)c4ccccc4CC3)o2)c(Br)c1. The van der Waals surface area contributed by atoms with E-state index in [0.29, 0.717) is 20.1 Å². The molecule has 1 aliphatic heterocycles. The molecular formula is C32H22BrClN2O2S. The van der Waals surface area contributed by atoms with Crippen LogP contribution in [0, 0.1) is 6.92 Å². The number of thiazole rings is 1. The number of rotatable bonds is 3. The largest absolute Gasteiger partial charge is 0.457 e. The second kappa shape index (κ2) is 9.63. The Kier molecular flexibility index (Phi) is 6.07. The summed E-state index contributed by atoms with van der Waals surface area (Å²) in [5, 5.41) is 0.670. The van der Waals surface area contributed by atoms with Gasteiger partial charge in [-0.1, -0.05) is 81.3 Å². The van der Waals surface area contributed by atoms with Gasteiger partial charge in [-0.05, 0) is 78.4 Å². The maximum atomic E-state index is 13.9. The van der Waals surface area contributed by atoms with Crippen LogP contribution in [0.2, 0.25) is 5.02 Å². The highest BCUT2D eigenvalue weighted by molar-refractivity contribution is 9.10. The van der Waals surface area contributed by atoms with Crippen LogP contribution in [0.1, 0.15) is 40.5 Å². The van der Waals surface area contributed by atoms with Crippen LogP contribution in [0.4, 0.5) is 0 Å². The lowest BCUT2D eigenvalue weighted by Crippen LogP contribution is -2.38. The maximum Gasteiger partial charge on any atom is 0.271 e. The Morgan fingerprint density at radius 1 is 1.03 bits per heavy atom. The molecule has 5 aromatic rings. The zero-order chi connectivity index (χ0) is 26.7. The van der Waals surface area contributed by atoms with E-state index in [9.17, 15) is 4.79 Å². The lowest BCUT2D eigenvalue weighted by Gasteiger charge is -2.30. The Morgan fingerprint density at radius 2 is 1.85 bits per heavy atom. The van der Waals surface area contributed by atoms with Crippen LogP contribution in [0.3, 0.4) is 0 Å². The molecule has 192 valence electrons. The number of aromatic nitrogens is 1. The summed E-state index contributed by atoms with van der Waals surface area (Å²) in [5.74, 6) is 1.37. The Hall–Kier alpha value is -3.45. The molecule has 0 fully saturated rings. The van der Waals surface area contributed by atoms with E-state index in [2.05, 4.69) is 59.3 Å². The fraction of sp³-hybridized carbons (Fsp3) is 0.125. The van der Waals surface area contributed by atoms with E-state index < -0.39 is 0 Å². The molecule has 3 heterocycles. The topological polar surface area (TPSA) is 47.5 Å². The number of aryl methyl sites for hydroxylation is 2. The third-order valence-corrected chi connectivity index (χ3v) is 9.24. The molecule has 0 unspecified atom stereocenters. The van der Waals surface area contributed by atoms with Crippen molar-refractivity contribution in [3.05, 3.63) is 142 Å². The predicted molar refractivity (Wildman–Crippen MR) is 161 cm³/mol. The standard InChI is InChI=1S/C32H22BrClN2O2S/c1-18-6-13-24(26(33)16-18)27-15-12-22(38-27)17-28-31(37)36-30(20-7-10-21(34)11-8-20)25-14-9-19-4-2-3-5-23(19)29(25)35-32(36)39-28/h2-8,10-13,15-17,30H,9,14H2,1H3/b28-17+/t30-/m1/s1. The van der Waals surface area contributed by atoms with Gasteiger partial charge in [-0.3, -0.25) is 9.36 Å². The Balaban J connectivity index is 1.39. The molecule has 7 rings (SSSR count). The van der Waals surface area contributed by atoms with E-state index in [4.69, 9.17) is 21.0 Å². The van der Waals surface area contributed by atoms with Gasteiger partial charge in [0.05, 0.1) is 16.3 Å². The highest BCUT2D eigenvalue weighted by Crippen LogP contribution is 2.41. The van der Waals surface area contributed by atoms with Gasteiger partial charge >= 0.3 is 0 Å². The summed E-state index contributed by atoms with van der Waals surface area (Å²) < 4.78 is 9.56. The summed E-state index contributed by atoms with van der Waals surface area (Å²) in [7, 11) is 0. The fourth-order valence-corrected chi connectivity index (χ4v) is 7.29. The van der Waals surface area contributed by atoms with Crippen molar-refractivity contribution in [2.75, 3.05) is 0 Å². The molecule has 0 saturated carbocycles. The summed E-state index contributed by atoms with van der Waals surface area (Å²) in [6.45, 7) is 2.05. The summed E-state index contributed by atoms with van der Waals surface area (Å²) in [6, 6.07) is 26.0. The molecule has 0 radical (unpaired) electrons. The Morgan fingerprint density at radius 3 is 2.67 bits per heavy atom. The number of fused-ring (bicyclic) bond motifs is 3. The zero-order valence-corrected chi connectivity index (χ0v) is 24.1. The minimum Gasteiger partial charge on any atom is -0.457 e. The van der Waals surface area contributed by atoms with Crippen molar-refractivity contribution in [1.82, 2.24) is 4.57 Å². The van der Waals surface area contributed by atoms with Crippen molar-refractivity contribution in [2.45, 2.75) is 25.8 Å².